The van der Waals surface area contributed by atoms with Crippen LogP contribution in [-0.4, -0.2) is 53.2 Å². The first-order valence-electron chi connectivity index (χ1n) is 7.70. The molecule has 1 aromatic carbocycles. The van der Waals surface area contributed by atoms with Crippen LogP contribution in [0.3, 0.4) is 0 Å². The van der Waals surface area contributed by atoms with E-state index in [9.17, 15) is 13.2 Å². The highest BCUT2D eigenvalue weighted by molar-refractivity contribution is 7.85. The number of hydrogen-bond donors (Lipinski definition) is 0. The zero-order valence-electron chi connectivity index (χ0n) is 14.2. The van der Waals surface area contributed by atoms with Crippen molar-refractivity contribution in [1.82, 2.24) is 0 Å². The highest BCUT2D eigenvalue weighted by atomic mass is 32.2. The normalized spacial score (nSPS) is 12.6. The fraction of sp³-hybridized carbons (Fsp3) is 0.562. The molecule has 1 aromatic rings. The fourth-order valence-corrected chi connectivity index (χ4v) is 2.30. The zero-order valence-corrected chi connectivity index (χ0v) is 15.0. The van der Waals surface area contributed by atoms with Crippen LogP contribution in [0.25, 0.3) is 0 Å². The molecule has 1 atom stereocenters. The van der Waals surface area contributed by atoms with Crippen LogP contribution in [0.2, 0.25) is 0 Å². The number of rotatable bonds is 11. The zero-order chi connectivity index (χ0) is 18.0. The summed E-state index contributed by atoms with van der Waals surface area (Å²) in [4.78, 5) is 11.8. The van der Waals surface area contributed by atoms with Crippen molar-refractivity contribution in [3.8, 4) is 5.75 Å². The van der Waals surface area contributed by atoms with Gasteiger partial charge in [0.05, 0.1) is 12.9 Å². The van der Waals surface area contributed by atoms with E-state index in [0.717, 1.165) is 11.8 Å². The molecular weight excluding hydrogens is 336 g/mol. The molecule has 0 fully saturated rings. The molecule has 136 valence electrons. The smallest absolute Gasteiger partial charge is 0.335 e. The molecule has 0 saturated carbocycles. The molecule has 0 N–H and O–H groups in total. The van der Waals surface area contributed by atoms with Crippen molar-refractivity contribution in [3.63, 3.8) is 0 Å². The number of hydrogen-bond acceptors (Lipinski definition) is 7. The summed E-state index contributed by atoms with van der Waals surface area (Å²) in [6, 6.07) is 7.11. The highest BCUT2D eigenvalue weighted by Gasteiger charge is 2.20. The lowest BCUT2D eigenvalue weighted by molar-refractivity contribution is -0.156. The maximum Gasteiger partial charge on any atom is 0.335 e. The lowest BCUT2D eigenvalue weighted by Gasteiger charge is -2.15. The van der Waals surface area contributed by atoms with Crippen molar-refractivity contribution in [2.24, 2.45) is 0 Å². The minimum Gasteiger partial charge on any atom is -0.491 e. The second-order valence-corrected chi connectivity index (χ2v) is 6.56. The van der Waals surface area contributed by atoms with E-state index >= 15 is 0 Å². The summed E-state index contributed by atoms with van der Waals surface area (Å²) in [5.74, 6) is 0.206. The summed E-state index contributed by atoms with van der Waals surface area (Å²) in [5, 5.41) is 0. The van der Waals surface area contributed by atoms with E-state index in [1.54, 1.807) is 19.1 Å². The molecule has 8 heteroatoms. The van der Waals surface area contributed by atoms with Gasteiger partial charge in [-0.2, -0.15) is 8.42 Å². The van der Waals surface area contributed by atoms with Gasteiger partial charge in [0.1, 0.15) is 19.0 Å². The highest BCUT2D eigenvalue weighted by Crippen LogP contribution is 2.15. The Hall–Kier alpha value is -1.64. The van der Waals surface area contributed by atoms with Crippen molar-refractivity contribution < 1.29 is 31.6 Å². The average molecular weight is 360 g/mol. The first-order valence-corrected chi connectivity index (χ1v) is 9.51. The molecule has 0 aliphatic rings. The second-order valence-electron chi connectivity index (χ2n) is 4.92. The van der Waals surface area contributed by atoms with Gasteiger partial charge in [-0.3, -0.25) is 4.18 Å². The van der Waals surface area contributed by atoms with E-state index in [-0.39, 0.29) is 19.2 Å². The fourth-order valence-electron chi connectivity index (χ4n) is 1.93. The molecule has 0 spiro atoms. The van der Waals surface area contributed by atoms with Crippen molar-refractivity contribution in [1.29, 1.82) is 0 Å². The number of carbonyl (C=O) groups excluding carboxylic acids is 1. The molecule has 0 bridgehead atoms. The molecule has 24 heavy (non-hydrogen) atoms. The molecular formula is C16H24O7S. The molecule has 0 amide bonds. The number of benzene rings is 1. The van der Waals surface area contributed by atoms with Gasteiger partial charge in [0, 0.05) is 13.0 Å². The molecule has 0 saturated heterocycles. The lowest BCUT2D eigenvalue weighted by Crippen LogP contribution is -2.28. The summed E-state index contributed by atoms with van der Waals surface area (Å²) in [6.07, 6.45) is 0.759. The SMILES string of the molecule is CCOC(=O)[C@H](Cc1ccc(OCCOS(C)(=O)=O)cc1)OCC. The molecule has 1 rings (SSSR count). The molecule has 0 aliphatic carbocycles. The Balaban J connectivity index is 2.51. The minimum absolute atomic E-state index is 0.0458. The molecule has 0 heterocycles. The van der Waals surface area contributed by atoms with Gasteiger partial charge in [0.15, 0.2) is 6.10 Å². The summed E-state index contributed by atoms with van der Waals surface area (Å²) in [7, 11) is -3.45. The van der Waals surface area contributed by atoms with Gasteiger partial charge >= 0.3 is 5.97 Å². The summed E-state index contributed by atoms with van der Waals surface area (Å²) < 4.78 is 42.0. The Kier molecular flexibility index (Phi) is 8.73. The maximum atomic E-state index is 11.8. The standard InChI is InChI=1S/C16H24O7S/c1-4-20-15(16(17)21-5-2)12-13-6-8-14(9-7-13)22-10-11-23-24(3,18)19/h6-9,15H,4-5,10-12H2,1-3H3/t15-/m0/s1. The minimum atomic E-state index is -3.45. The molecule has 0 unspecified atom stereocenters. The summed E-state index contributed by atoms with van der Waals surface area (Å²) in [5.41, 5.74) is 0.904. The van der Waals surface area contributed by atoms with E-state index < -0.39 is 16.2 Å². The van der Waals surface area contributed by atoms with Crippen molar-refractivity contribution in [2.75, 3.05) is 32.7 Å². The van der Waals surface area contributed by atoms with E-state index in [0.29, 0.717) is 25.4 Å². The van der Waals surface area contributed by atoms with Crippen LogP contribution >= 0.6 is 0 Å². The van der Waals surface area contributed by atoms with Crippen molar-refractivity contribution in [2.45, 2.75) is 26.4 Å². The van der Waals surface area contributed by atoms with Crippen LogP contribution in [0.5, 0.6) is 5.75 Å². The third kappa shape index (κ3) is 8.28. The van der Waals surface area contributed by atoms with Gasteiger partial charge in [-0.25, -0.2) is 4.79 Å². The molecule has 0 aromatic heterocycles. The van der Waals surface area contributed by atoms with E-state index in [1.807, 2.05) is 19.1 Å². The molecule has 0 aliphatic heterocycles. The summed E-state index contributed by atoms with van der Waals surface area (Å²) in [6.45, 7) is 4.38. The van der Waals surface area contributed by atoms with E-state index in [2.05, 4.69) is 4.18 Å². The van der Waals surface area contributed by atoms with E-state index in [4.69, 9.17) is 14.2 Å². The van der Waals surface area contributed by atoms with Crippen LogP contribution < -0.4 is 4.74 Å². The first-order chi connectivity index (χ1) is 11.4. The Bertz CT molecular complexity index is 595. The predicted molar refractivity (Wildman–Crippen MR) is 88.5 cm³/mol. The Morgan fingerprint density at radius 2 is 1.75 bits per heavy atom. The van der Waals surface area contributed by atoms with Gasteiger partial charge in [0.2, 0.25) is 0 Å². The monoisotopic (exact) mass is 360 g/mol. The van der Waals surface area contributed by atoms with Crippen molar-refractivity contribution in [3.05, 3.63) is 29.8 Å². The number of ether oxygens (including phenoxy) is 3. The first kappa shape index (κ1) is 20.4. The number of esters is 1. The third-order valence-electron chi connectivity index (χ3n) is 2.91. The van der Waals surface area contributed by atoms with Crippen LogP contribution in [0.4, 0.5) is 0 Å². The van der Waals surface area contributed by atoms with Crippen molar-refractivity contribution >= 4 is 16.1 Å². The molecule has 7 nitrogen and oxygen atoms in total. The third-order valence-corrected chi connectivity index (χ3v) is 3.51. The van der Waals surface area contributed by atoms with Crippen LogP contribution in [0.1, 0.15) is 19.4 Å². The number of carbonyl (C=O) groups is 1. The van der Waals surface area contributed by atoms with E-state index in [1.165, 1.54) is 0 Å². The topological polar surface area (TPSA) is 88.1 Å². The van der Waals surface area contributed by atoms with Crippen LogP contribution in [-0.2, 0) is 35.0 Å². The Morgan fingerprint density at radius 3 is 2.29 bits per heavy atom. The summed E-state index contributed by atoms with van der Waals surface area (Å²) >= 11 is 0. The second kappa shape index (κ2) is 10.3. The maximum absolute atomic E-state index is 11.8. The Labute approximate surface area is 143 Å². The van der Waals surface area contributed by atoms with Gasteiger partial charge in [0.25, 0.3) is 10.1 Å². The van der Waals surface area contributed by atoms with Gasteiger partial charge < -0.3 is 14.2 Å². The predicted octanol–water partition coefficient (Wildman–Crippen LogP) is 1.55. The van der Waals surface area contributed by atoms with Crippen LogP contribution in [0, 0.1) is 0 Å². The van der Waals surface area contributed by atoms with Gasteiger partial charge in [-0.05, 0) is 31.5 Å². The quantitative estimate of drug-likeness (QED) is 0.336. The average Bonchev–Trinajstić information content (AvgIpc) is 2.52. The lowest BCUT2D eigenvalue weighted by atomic mass is 10.1. The largest absolute Gasteiger partial charge is 0.491 e. The van der Waals surface area contributed by atoms with Crippen LogP contribution in [0.15, 0.2) is 24.3 Å². The Morgan fingerprint density at radius 1 is 1.08 bits per heavy atom. The van der Waals surface area contributed by atoms with Gasteiger partial charge in [-0.15, -0.1) is 0 Å². The molecule has 0 radical (unpaired) electrons. The van der Waals surface area contributed by atoms with Gasteiger partial charge in [-0.1, -0.05) is 12.1 Å².